The molecule has 0 N–H and O–H groups in total. The zero-order chi connectivity index (χ0) is 12.6. The summed E-state index contributed by atoms with van der Waals surface area (Å²) in [5.41, 5.74) is -0.504. The highest BCUT2D eigenvalue weighted by molar-refractivity contribution is 14.1. The molecule has 2 rings (SSSR count). The number of halogens is 5. The third kappa shape index (κ3) is 2.57. The molecule has 0 radical (unpaired) electrons. The molecule has 0 atom stereocenters. The normalized spacial score (nSPS) is 11.8. The largest absolute Gasteiger partial charge is 0.435 e. The second-order valence-electron chi connectivity index (χ2n) is 3.21. The first-order valence-corrected chi connectivity index (χ1v) is 5.93. The molecule has 0 spiro atoms. The van der Waals surface area contributed by atoms with Gasteiger partial charge in [-0.1, -0.05) is 23.7 Å². The van der Waals surface area contributed by atoms with Gasteiger partial charge in [0.2, 0.25) is 0 Å². The van der Waals surface area contributed by atoms with Crippen LogP contribution in [0.15, 0.2) is 30.3 Å². The van der Waals surface area contributed by atoms with Gasteiger partial charge in [-0.2, -0.15) is 18.3 Å². The number of alkyl halides is 3. The summed E-state index contributed by atoms with van der Waals surface area (Å²) in [7, 11) is 0. The molecule has 0 saturated heterocycles. The van der Waals surface area contributed by atoms with E-state index in [4.69, 9.17) is 11.6 Å². The topological polar surface area (TPSA) is 17.8 Å². The summed E-state index contributed by atoms with van der Waals surface area (Å²) in [6.45, 7) is 0. The standard InChI is InChI=1S/C10H5ClF3IN2/c11-6-3-1-2-4-7(6)17-9(15)5-8(16-17)10(12,13)14/h1-5H. The summed E-state index contributed by atoms with van der Waals surface area (Å²) in [6, 6.07) is 7.57. The summed E-state index contributed by atoms with van der Waals surface area (Å²) in [6.07, 6.45) is -4.45. The Bertz CT molecular complexity index is 551. The van der Waals surface area contributed by atoms with Crippen LogP contribution in [-0.2, 0) is 6.18 Å². The van der Waals surface area contributed by atoms with E-state index in [0.717, 1.165) is 6.07 Å². The van der Waals surface area contributed by atoms with Gasteiger partial charge in [0, 0.05) is 6.07 Å². The van der Waals surface area contributed by atoms with Crippen molar-refractivity contribution >= 4 is 34.2 Å². The first-order chi connectivity index (χ1) is 7.89. The smallest absolute Gasteiger partial charge is 0.225 e. The summed E-state index contributed by atoms with van der Waals surface area (Å²) in [5.74, 6) is 0. The molecule has 0 unspecified atom stereocenters. The molecule has 7 heteroatoms. The number of aromatic nitrogens is 2. The van der Waals surface area contributed by atoms with E-state index >= 15 is 0 Å². The number of rotatable bonds is 1. The fraction of sp³-hybridized carbons (Fsp3) is 0.100. The van der Waals surface area contributed by atoms with E-state index in [2.05, 4.69) is 5.10 Å². The van der Waals surface area contributed by atoms with Gasteiger partial charge in [0.15, 0.2) is 5.69 Å². The SMILES string of the molecule is FC(F)(F)c1cc(I)n(-c2ccccc2Cl)n1. The molecule has 90 valence electrons. The van der Waals surface area contributed by atoms with Crippen LogP contribution >= 0.6 is 34.2 Å². The first-order valence-electron chi connectivity index (χ1n) is 4.47. The first kappa shape index (κ1) is 12.7. The van der Waals surface area contributed by atoms with Crippen molar-refractivity contribution in [3.8, 4) is 5.69 Å². The molecule has 0 aliphatic rings. The molecule has 2 aromatic rings. The molecule has 0 amide bonds. The van der Waals surface area contributed by atoms with Crippen molar-refractivity contribution in [3.05, 3.63) is 44.7 Å². The molecule has 1 aromatic carbocycles. The molecule has 0 saturated carbocycles. The summed E-state index contributed by atoms with van der Waals surface area (Å²) < 4.78 is 39.0. The van der Waals surface area contributed by atoms with Crippen molar-refractivity contribution in [1.82, 2.24) is 9.78 Å². The molecule has 0 fully saturated rings. The summed E-state index contributed by atoms with van der Waals surface area (Å²) >= 11 is 7.69. The highest BCUT2D eigenvalue weighted by Gasteiger charge is 2.34. The van der Waals surface area contributed by atoms with Gasteiger partial charge in [0.1, 0.15) is 3.70 Å². The minimum Gasteiger partial charge on any atom is -0.225 e. The van der Waals surface area contributed by atoms with Crippen molar-refractivity contribution in [2.24, 2.45) is 0 Å². The fourth-order valence-corrected chi connectivity index (χ4v) is 2.17. The molecular formula is C10H5ClF3IN2. The molecule has 0 aliphatic carbocycles. The highest BCUT2D eigenvalue weighted by atomic mass is 127. The van der Waals surface area contributed by atoms with Crippen molar-refractivity contribution < 1.29 is 13.2 Å². The maximum atomic E-state index is 12.5. The number of para-hydroxylation sites is 1. The lowest BCUT2D eigenvalue weighted by atomic mass is 10.3. The van der Waals surface area contributed by atoms with E-state index in [0.29, 0.717) is 14.4 Å². The number of benzene rings is 1. The molecule has 1 heterocycles. The maximum absolute atomic E-state index is 12.5. The quantitative estimate of drug-likeness (QED) is 0.688. The Morgan fingerprint density at radius 3 is 2.41 bits per heavy atom. The number of nitrogens with zero attached hydrogens (tertiary/aromatic N) is 2. The highest BCUT2D eigenvalue weighted by Crippen LogP contribution is 2.31. The maximum Gasteiger partial charge on any atom is 0.435 e. The van der Waals surface area contributed by atoms with Gasteiger partial charge in [0.05, 0.1) is 10.7 Å². The van der Waals surface area contributed by atoms with Gasteiger partial charge in [-0.05, 0) is 34.7 Å². The Labute approximate surface area is 114 Å². The Kier molecular flexibility index (Phi) is 3.35. The van der Waals surface area contributed by atoms with Crippen LogP contribution in [0.2, 0.25) is 5.02 Å². The van der Waals surface area contributed by atoms with Gasteiger partial charge >= 0.3 is 6.18 Å². The van der Waals surface area contributed by atoms with Crippen LogP contribution in [-0.4, -0.2) is 9.78 Å². The predicted octanol–water partition coefficient (Wildman–Crippen LogP) is 4.15. The van der Waals surface area contributed by atoms with E-state index < -0.39 is 11.9 Å². The van der Waals surface area contributed by atoms with Crippen LogP contribution in [0.4, 0.5) is 13.2 Å². The van der Waals surface area contributed by atoms with Crippen LogP contribution in [0.25, 0.3) is 5.69 Å². The summed E-state index contributed by atoms with van der Waals surface area (Å²) in [5, 5.41) is 3.86. The van der Waals surface area contributed by atoms with Crippen molar-refractivity contribution in [3.63, 3.8) is 0 Å². The van der Waals surface area contributed by atoms with Gasteiger partial charge in [0.25, 0.3) is 0 Å². The van der Waals surface area contributed by atoms with Crippen LogP contribution in [0.1, 0.15) is 5.69 Å². The Hall–Kier alpha value is -0.760. The number of hydrogen-bond donors (Lipinski definition) is 0. The van der Waals surface area contributed by atoms with Crippen LogP contribution < -0.4 is 0 Å². The van der Waals surface area contributed by atoms with Gasteiger partial charge < -0.3 is 0 Å². The third-order valence-electron chi connectivity index (χ3n) is 2.04. The van der Waals surface area contributed by atoms with E-state index in [1.165, 1.54) is 4.68 Å². The predicted molar refractivity (Wildman–Crippen MR) is 66.3 cm³/mol. The Balaban J connectivity index is 2.55. The van der Waals surface area contributed by atoms with Crippen LogP contribution in [0, 0.1) is 3.70 Å². The van der Waals surface area contributed by atoms with Crippen LogP contribution in [0.3, 0.4) is 0 Å². The van der Waals surface area contributed by atoms with Gasteiger partial charge in [-0.15, -0.1) is 0 Å². The monoisotopic (exact) mass is 372 g/mol. The second kappa shape index (κ2) is 4.49. The fourth-order valence-electron chi connectivity index (χ4n) is 1.29. The Morgan fingerprint density at radius 1 is 1.24 bits per heavy atom. The minimum absolute atomic E-state index is 0.349. The van der Waals surface area contributed by atoms with E-state index in [1.54, 1.807) is 46.9 Å². The van der Waals surface area contributed by atoms with Crippen molar-refractivity contribution in [2.75, 3.05) is 0 Å². The lowest BCUT2D eigenvalue weighted by Gasteiger charge is -2.05. The van der Waals surface area contributed by atoms with Crippen molar-refractivity contribution in [1.29, 1.82) is 0 Å². The second-order valence-corrected chi connectivity index (χ2v) is 4.73. The molecule has 0 bridgehead atoms. The lowest BCUT2D eigenvalue weighted by molar-refractivity contribution is -0.141. The molecule has 2 nitrogen and oxygen atoms in total. The molecule has 0 aliphatic heterocycles. The zero-order valence-electron chi connectivity index (χ0n) is 8.17. The average Bonchev–Trinajstić information content (AvgIpc) is 2.61. The van der Waals surface area contributed by atoms with E-state index in [1.807, 2.05) is 0 Å². The minimum atomic E-state index is -4.45. The third-order valence-corrected chi connectivity index (χ3v) is 3.12. The average molecular weight is 373 g/mol. The van der Waals surface area contributed by atoms with Crippen molar-refractivity contribution in [2.45, 2.75) is 6.18 Å². The zero-order valence-corrected chi connectivity index (χ0v) is 11.1. The molecule has 1 aromatic heterocycles. The molecular weight excluding hydrogens is 367 g/mol. The van der Waals surface area contributed by atoms with Crippen LogP contribution in [0.5, 0.6) is 0 Å². The van der Waals surface area contributed by atoms with Gasteiger partial charge in [-0.25, -0.2) is 4.68 Å². The van der Waals surface area contributed by atoms with E-state index in [-0.39, 0.29) is 0 Å². The van der Waals surface area contributed by atoms with E-state index in [9.17, 15) is 13.2 Å². The Morgan fingerprint density at radius 2 is 1.88 bits per heavy atom. The lowest BCUT2D eigenvalue weighted by Crippen LogP contribution is -2.07. The number of hydrogen-bond acceptors (Lipinski definition) is 1. The molecule has 17 heavy (non-hydrogen) atoms. The summed E-state index contributed by atoms with van der Waals surface area (Å²) in [4.78, 5) is 0. The van der Waals surface area contributed by atoms with Gasteiger partial charge in [-0.3, -0.25) is 0 Å².